The number of carbonyl (C=O) groups excluding carboxylic acids is 1. The molecule has 0 spiro atoms. The fourth-order valence-corrected chi connectivity index (χ4v) is 2.92. The van der Waals surface area contributed by atoms with E-state index in [0.29, 0.717) is 0 Å². The van der Waals surface area contributed by atoms with Crippen LogP contribution in [0.15, 0.2) is 42.7 Å². The molecule has 0 bridgehead atoms. The lowest BCUT2D eigenvalue weighted by molar-refractivity contribution is -0.137. The number of nitrogens with one attached hydrogen (secondary N) is 1. The summed E-state index contributed by atoms with van der Waals surface area (Å²) in [6, 6.07) is 8.80. The molecule has 3 rings (SSSR count). The average molecular weight is 377 g/mol. The number of hydrogen-bond donors (Lipinski definition) is 1. The molecule has 1 heterocycles. The van der Waals surface area contributed by atoms with Gasteiger partial charge >= 0.3 is 6.18 Å². The molecule has 142 valence electrons. The number of methoxy groups -OCH3 is 1. The van der Waals surface area contributed by atoms with Gasteiger partial charge < -0.3 is 14.6 Å². The molecule has 0 saturated heterocycles. The van der Waals surface area contributed by atoms with E-state index in [2.05, 4.69) is 10.3 Å². The fraction of sp³-hybridized carbons (Fsp3) is 0.263. The third kappa shape index (κ3) is 4.05. The number of halogens is 3. The van der Waals surface area contributed by atoms with E-state index in [1.54, 1.807) is 10.9 Å². The Hall–Kier alpha value is -3.03. The van der Waals surface area contributed by atoms with E-state index in [9.17, 15) is 18.0 Å². The third-order valence-corrected chi connectivity index (χ3v) is 4.17. The SMILES string of the molecule is CCc1cccc2ncn(CC(=O)Nc3cc(OC)cc(C(F)(F)F)c3)c12. The van der Waals surface area contributed by atoms with Crippen LogP contribution in [0.5, 0.6) is 5.75 Å². The first-order valence-electron chi connectivity index (χ1n) is 8.30. The van der Waals surface area contributed by atoms with E-state index >= 15 is 0 Å². The Kier molecular flexibility index (Phi) is 5.07. The number of alkyl halides is 3. The number of amides is 1. The monoisotopic (exact) mass is 377 g/mol. The Morgan fingerprint density at radius 1 is 1.26 bits per heavy atom. The van der Waals surface area contributed by atoms with Gasteiger partial charge in [0.25, 0.3) is 0 Å². The van der Waals surface area contributed by atoms with E-state index in [1.165, 1.54) is 13.2 Å². The quantitative estimate of drug-likeness (QED) is 0.723. The molecule has 0 saturated carbocycles. The number of rotatable bonds is 5. The second kappa shape index (κ2) is 7.30. The zero-order valence-electron chi connectivity index (χ0n) is 14.8. The van der Waals surface area contributed by atoms with Crippen LogP contribution in [0, 0.1) is 0 Å². The standard InChI is InChI=1S/C19H18F3N3O2/c1-3-12-5-4-6-16-18(12)25(11-23-16)10-17(26)24-14-7-13(19(20,21)22)8-15(9-14)27-2/h4-9,11H,3,10H2,1-2H3,(H,24,26). The summed E-state index contributed by atoms with van der Waals surface area (Å²) in [5.41, 5.74) is 1.78. The number of carbonyl (C=O) groups is 1. The van der Waals surface area contributed by atoms with E-state index in [0.717, 1.165) is 35.2 Å². The summed E-state index contributed by atoms with van der Waals surface area (Å²) in [6.45, 7) is 1.94. The first-order chi connectivity index (χ1) is 12.8. The minimum Gasteiger partial charge on any atom is -0.497 e. The topological polar surface area (TPSA) is 56.2 Å². The molecule has 8 heteroatoms. The van der Waals surface area contributed by atoms with Crippen molar-refractivity contribution in [3.63, 3.8) is 0 Å². The van der Waals surface area contributed by atoms with Crippen molar-refractivity contribution in [2.75, 3.05) is 12.4 Å². The van der Waals surface area contributed by atoms with Crippen molar-refractivity contribution < 1.29 is 22.7 Å². The summed E-state index contributed by atoms with van der Waals surface area (Å²) in [5, 5.41) is 2.50. The van der Waals surface area contributed by atoms with Gasteiger partial charge in [-0.1, -0.05) is 19.1 Å². The molecule has 0 fully saturated rings. The molecule has 3 aromatic rings. The van der Waals surface area contributed by atoms with Crippen LogP contribution >= 0.6 is 0 Å². The Balaban J connectivity index is 1.85. The Bertz CT molecular complexity index is 980. The first-order valence-corrected chi connectivity index (χ1v) is 8.30. The number of imidazole rings is 1. The van der Waals surface area contributed by atoms with Crippen LogP contribution in [-0.4, -0.2) is 22.6 Å². The maximum Gasteiger partial charge on any atom is 0.416 e. The van der Waals surface area contributed by atoms with E-state index in [1.807, 2.05) is 25.1 Å². The minimum atomic E-state index is -4.54. The summed E-state index contributed by atoms with van der Waals surface area (Å²) in [4.78, 5) is 16.7. The lowest BCUT2D eigenvalue weighted by atomic mass is 10.1. The van der Waals surface area contributed by atoms with Gasteiger partial charge in [-0.2, -0.15) is 13.2 Å². The molecule has 0 atom stereocenters. The summed E-state index contributed by atoms with van der Waals surface area (Å²) in [5.74, 6) is -0.442. The number of hydrogen-bond acceptors (Lipinski definition) is 3. The van der Waals surface area contributed by atoms with Gasteiger partial charge in [0.2, 0.25) is 5.91 Å². The molecule has 27 heavy (non-hydrogen) atoms. The van der Waals surface area contributed by atoms with E-state index < -0.39 is 17.6 Å². The number of fused-ring (bicyclic) bond motifs is 1. The van der Waals surface area contributed by atoms with Gasteiger partial charge in [-0.3, -0.25) is 4.79 Å². The number of nitrogens with zero attached hydrogens (tertiary/aromatic N) is 2. The Morgan fingerprint density at radius 2 is 2.04 bits per heavy atom. The van der Waals surface area contributed by atoms with Gasteiger partial charge in [0, 0.05) is 11.8 Å². The molecule has 1 N–H and O–H groups in total. The van der Waals surface area contributed by atoms with Crippen molar-refractivity contribution in [2.45, 2.75) is 26.1 Å². The maximum absolute atomic E-state index is 13.0. The van der Waals surface area contributed by atoms with Gasteiger partial charge in [-0.15, -0.1) is 0 Å². The molecule has 0 radical (unpaired) electrons. The molecule has 0 aliphatic carbocycles. The van der Waals surface area contributed by atoms with E-state index in [4.69, 9.17) is 4.74 Å². The van der Waals surface area contributed by atoms with Gasteiger partial charge in [0.1, 0.15) is 12.3 Å². The van der Waals surface area contributed by atoms with Gasteiger partial charge in [0.05, 0.1) is 30.0 Å². The Labute approximate surface area is 153 Å². The number of aryl methyl sites for hydroxylation is 1. The van der Waals surface area contributed by atoms with Crippen molar-refractivity contribution in [3.8, 4) is 5.75 Å². The van der Waals surface area contributed by atoms with Crippen molar-refractivity contribution in [3.05, 3.63) is 53.9 Å². The van der Waals surface area contributed by atoms with Gasteiger partial charge in [-0.05, 0) is 30.2 Å². The van der Waals surface area contributed by atoms with Gasteiger partial charge in [0.15, 0.2) is 0 Å². The second-order valence-electron chi connectivity index (χ2n) is 6.01. The highest BCUT2D eigenvalue weighted by Crippen LogP contribution is 2.34. The van der Waals surface area contributed by atoms with Crippen LogP contribution in [0.2, 0.25) is 0 Å². The smallest absolute Gasteiger partial charge is 0.416 e. The molecule has 0 unspecified atom stereocenters. The molecule has 1 amide bonds. The maximum atomic E-state index is 13.0. The van der Waals surface area contributed by atoms with Crippen molar-refractivity contribution in [1.82, 2.24) is 9.55 Å². The average Bonchev–Trinajstić information content (AvgIpc) is 3.03. The molecule has 0 aliphatic heterocycles. The minimum absolute atomic E-state index is 0.0153. The summed E-state index contributed by atoms with van der Waals surface area (Å²) >= 11 is 0. The highest BCUT2D eigenvalue weighted by Gasteiger charge is 2.31. The van der Waals surface area contributed by atoms with Crippen molar-refractivity contribution >= 4 is 22.6 Å². The van der Waals surface area contributed by atoms with E-state index in [-0.39, 0.29) is 18.0 Å². The number of aromatic nitrogens is 2. The van der Waals surface area contributed by atoms with Crippen LogP contribution in [0.25, 0.3) is 11.0 Å². The van der Waals surface area contributed by atoms with Crippen LogP contribution in [0.1, 0.15) is 18.1 Å². The van der Waals surface area contributed by atoms with Crippen LogP contribution < -0.4 is 10.1 Å². The Morgan fingerprint density at radius 3 is 2.70 bits per heavy atom. The zero-order chi connectivity index (χ0) is 19.6. The number of ether oxygens (including phenoxy) is 1. The molecular formula is C19H18F3N3O2. The predicted molar refractivity (Wildman–Crippen MR) is 95.7 cm³/mol. The zero-order valence-corrected chi connectivity index (χ0v) is 14.8. The largest absolute Gasteiger partial charge is 0.497 e. The summed E-state index contributed by atoms with van der Waals surface area (Å²) in [6.07, 6.45) is -2.21. The van der Waals surface area contributed by atoms with Crippen molar-refractivity contribution in [2.24, 2.45) is 0 Å². The summed E-state index contributed by atoms with van der Waals surface area (Å²) < 4.78 is 45.6. The molecular weight excluding hydrogens is 359 g/mol. The highest BCUT2D eigenvalue weighted by molar-refractivity contribution is 5.92. The predicted octanol–water partition coefficient (Wildman–Crippen LogP) is 4.26. The first kappa shape index (κ1) is 18.8. The second-order valence-corrected chi connectivity index (χ2v) is 6.01. The third-order valence-electron chi connectivity index (χ3n) is 4.17. The van der Waals surface area contributed by atoms with Crippen LogP contribution in [-0.2, 0) is 23.9 Å². The fourth-order valence-electron chi connectivity index (χ4n) is 2.92. The summed E-state index contributed by atoms with van der Waals surface area (Å²) in [7, 11) is 1.27. The molecule has 0 aliphatic rings. The normalized spacial score (nSPS) is 11.6. The van der Waals surface area contributed by atoms with Gasteiger partial charge in [-0.25, -0.2) is 4.98 Å². The highest BCUT2D eigenvalue weighted by atomic mass is 19.4. The number of anilines is 1. The molecule has 2 aromatic carbocycles. The van der Waals surface area contributed by atoms with Crippen LogP contribution in [0.4, 0.5) is 18.9 Å². The number of para-hydroxylation sites is 1. The lowest BCUT2D eigenvalue weighted by Gasteiger charge is -2.13. The number of benzene rings is 2. The van der Waals surface area contributed by atoms with Crippen LogP contribution in [0.3, 0.4) is 0 Å². The molecule has 1 aromatic heterocycles. The lowest BCUT2D eigenvalue weighted by Crippen LogP contribution is -2.19. The van der Waals surface area contributed by atoms with Crippen molar-refractivity contribution in [1.29, 1.82) is 0 Å². The molecule has 5 nitrogen and oxygen atoms in total.